The number of benzene rings is 3. The number of phenols is 2. The fourth-order valence-electron chi connectivity index (χ4n) is 3.25. The van der Waals surface area contributed by atoms with Gasteiger partial charge < -0.3 is 14.9 Å². The van der Waals surface area contributed by atoms with E-state index < -0.39 is 6.10 Å². The third-order valence-electron chi connectivity index (χ3n) is 4.50. The van der Waals surface area contributed by atoms with Crippen molar-refractivity contribution < 1.29 is 14.9 Å². The first-order valence-corrected chi connectivity index (χ1v) is 8.00. The molecule has 3 aromatic rings. The first kappa shape index (κ1) is 14.6. The Labute approximate surface area is 140 Å². The van der Waals surface area contributed by atoms with Crippen molar-refractivity contribution in [3.8, 4) is 17.2 Å². The number of allylic oxidation sites excluding steroid dienone is 1. The van der Waals surface area contributed by atoms with Crippen LogP contribution < -0.4 is 4.74 Å². The summed E-state index contributed by atoms with van der Waals surface area (Å²) in [5, 5.41) is 22.7. The Morgan fingerprint density at radius 3 is 2.29 bits per heavy atom. The predicted octanol–water partition coefficient (Wildman–Crippen LogP) is 4.79. The van der Waals surface area contributed by atoms with Crippen molar-refractivity contribution in [1.29, 1.82) is 0 Å². The Kier molecular flexibility index (Phi) is 3.42. The molecule has 0 amide bonds. The van der Waals surface area contributed by atoms with Crippen molar-refractivity contribution in [3.63, 3.8) is 0 Å². The summed E-state index contributed by atoms with van der Waals surface area (Å²) in [4.78, 5) is 0. The van der Waals surface area contributed by atoms with Gasteiger partial charge in [-0.1, -0.05) is 48.0 Å². The molecular weight excluding hydrogens is 300 g/mol. The Morgan fingerprint density at radius 2 is 1.58 bits per heavy atom. The van der Waals surface area contributed by atoms with Gasteiger partial charge in [0.05, 0.1) is 0 Å². The van der Waals surface area contributed by atoms with Crippen molar-refractivity contribution in [2.24, 2.45) is 0 Å². The van der Waals surface area contributed by atoms with Crippen molar-refractivity contribution >= 4 is 10.8 Å². The summed E-state index contributed by atoms with van der Waals surface area (Å²) in [7, 11) is 0. The molecule has 24 heavy (non-hydrogen) atoms. The molecule has 120 valence electrons. The van der Waals surface area contributed by atoms with Crippen LogP contribution in [0.1, 0.15) is 22.8 Å². The predicted molar refractivity (Wildman–Crippen MR) is 94.7 cm³/mol. The van der Waals surface area contributed by atoms with Crippen LogP contribution in [0, 0.1) is 6.92 Å². The molecule has 3 nitrogen and oxygen atoms in total. The Bertz CT molecular complexity index is 939. The van der Waals surface area contributed by atoms with Gasteiger partial charge >= 0.3 is 0 Å². The second-order valence-corrected chi connectivity index (χ2v) is 6.12. The maximum absolute atomic E-state index is 10.8. The van der Waals surface area contributed by atoms with Crippen LogP contribution in [-0.2, 0) is 6.42 Å². The average Bonchev–Trinajstić information content (AvgIpc) is 2.61. The van der Waals surface area contributed by atoms with E-state index in [2.05, 4.69) is 0 Å². The SMILES string of the molecule is Cc1ccc(OC2C=CCc3c2c(O)c2ccccc2c3O)cc1. The average molecular weight is 318 g/mol. The van der Waals surface area contributed by atoms with E-state index in [0.29, 0.717) is 22.8 Å². The molecule has 0 spiro atoms. The van der Waals surface area contributed by atoms with Crippen LogP contribution in [0.5, 0.6) is 17.2 Å². The maximum Gasteiger partial charge on any atom is 0.146 e. The lowest BCUT2D eigenvalue weighted by Crippen LogP contribution is -2.12. The number of aromatic hydroxyl groups is 2. The summed E-state index contributed by atoms with van der Waals surface area (Å²) < 4.78 is 6.06. The molecule has 0 aromatic heterocycles. The van der Waals surface area contributed by atoms with Gasteiger partial charge in [0.15, 0.2) is 0 Å². The standard InChI is InChI=1S/C21H18O3/c1-13-9-11-14(12-10-13)24-18-8-4-7-17-19(18)21(23)16-6-3-2-5-15(16)20(17)22/h2-6,8-12,18,22-23H,7H2,1H3. The first-order valence-electron chi connectivity index (χ1n) is 8.00. The zero-order valence-electron chi connectivity index (χ0n) is 13.4. The van der Waals surface area contributed by atoms with E-state index in [9.17, 15) is 10.2 Å². The minimum atomic E-state index is -0.424. The highest BCUT2D eigenvalue weighted by atomic mass is 16.5. The summed E-state index contributed by atoms with van der Waals surface area (Å²) >= 11 is 0. The Morgan fingerprint density at radius 1 is 0.917 bits per heavy atom. The summed E-state index contributed by atoms with van der Waals surface area (Å²) in [6.45, 7) is 2.02. The zero-order chi connectivity index (χ0) is 16.7. The van der Waals surface area contributed by atoms with E-state index in [1.807, 2.05) is 67.6 Å². The molecule has 3 aromatic carbocycles. The topological polar surface area (TPSA) is 49.7 Å². The number of ether oxygens (including phenoxy) is 1. The van der Waals surface area contributed by atoms with Gasteiger partial charge in [0.25, 0.3) is 0 Å². The second-order valence-electron chi connectivity index (χ2n) is 6.12. The van der Waals surface area contributed by atoms with Crippen LogP contribution in [0.2, 0.25) is 0 Å². The minimum absolute atomic E-state index is 0.180. The minimum Gasteiger partial charge on any atom is -0.507 e. The number of hydrogen-bond acceptors (Lipinski definition) is 3. The first-order chi connectivity index (χ1) is 11.6. The Hall–Kier alpha value is -2.94. The molecule has 0 saturated heterocycles. The van der Waals surface area contributed by atoms with Gasteiger partial charge in [0.2, 0.25) is 0 Å². The summed E-state index contributed by atoms with van der Waals surface area (Å²) in [5.41, 5.74) is 2.54. The molecule has 1 atom stereocenters. The maximum atomic E-state index is 10.8. The number of rotatable bonds is 2. The van der Waals surface area contributed by atoms with Crippen LogP contribution in [-0.4, -0.2) is 10.2 Å². The molecule has 0 fully saturated rings. The lowest BCUT2D eigenvalue weighted by Gasteiger charge is -2.25. The van der Waals surface area contributed by atoms with Crippen LogP contribution in [0.4, 0.5) is 0 Å². The van der Waals surface area contributed by atoms with Gasteiger partial charge in [-0.2, -0.15) is 0 Å². The highest BCUT2D eigenvalue weighted by Gasteiger charge is 2.27. The Balaban J connectivity index is 1.84. The van der Waals surface area contributed by atoms with Crippen LogP contribution in [0.15, 0.2) is 60.7 Å². The molecule has 0 bridgehead atoms. The molecule has 0 radical (unpaired) electrons. The summed E-state index contributed by atoms with van der Waals surface area (Å²) in [6, 6.07) is 15.1. The second kappa shape index (κ2) is 5.60. The van der Waals surface area contributed by atoms with E-state index in [-0.39, 0.29) is 11.5 Å². The van der Waals surface area contributed by atoms with Crippen molar-refractivity contribution in [1.82, 2.24) is 0 Å². The van der Waals surface area contributed by atoms with Gasteiger partial charge in [-0.15, -0.1) is 0 Å². The van der Waals surface area contributed by atoms with Gasteiger partial charge in [-0.05, 0) is 31.6 Å². The smallest absolute Gasteiger partial charge is 0.146 e. The van der Waals surface area contributed by atoms with Gasteiger partial charge in [0.1, 0.15) is 23.4 Å². The molecule has 1 aliphatic rings. The molecule has 2 N–H and O–H groups in total. The fraction of sp³-hybridized carbons (Fsp3) is 0.143. The number of hydrogen-bond donors (Lipinski definition) is 2. The van der Waals surface area contributed by atoms with Gasteiger partial charge in [-0.25, -0.2) is 0 Å². The van der Waals surface area contributed by atoms with E-state index in [1.165, 1.54) is 0 Å². The van der Waals surface area contributed by atoms with Crippen molar-refractivity contribution in [3.05, 3.63) is 77.4 Å². The summed E-state index contributed by atoms with van der Waals surface area (Å²) in [6.07, 6.45) is 4.05. The molecule has 0 heterocycles. The summed E-state index contributed by atoms with van der Waals surface area (Å²) in [5.74, 6) is 1.13. The third kappa shape index (κ3) is 2.29. The molecule has 3 heteroatoms. The third-order valence-corrected chi connectivity index (χ3v) is 4.50. The van der Waals surface area contributed by atoms with E-state index in [0.717, 1.165) is 16.9 Å². The van der Waals surface area contributed by atoms with Crippen molar-refractivity contribution in [2.75, 3.05) is 0 Å². The van der Waals surface area contributed by atoms with Crippen LogP contribution in [0.3, 0.4) is 0 Å². The van der Waals surface area contributed by atoms with E-state index in [1.54, 1.807) is 0 Å². The molecule has 1 aliphatic carbocycles. The highest BCUT2D eigenvalue weighted by Crippen LogP contribution is 2.45. The quantitative estimate of drug-likeness (QED) is 0.527. The molecule has 0 saturated carbocycles. The number of fused-ring (bicyclic) bond motifs is 2. The number of aryl methyl sites for hydroxylation is 1. The van der Waals surface area contributed by atoms with E-state index >= 15 is 0 Å². The highest BCUT2D eigenvalue weighted by molar-refractivity contribution is 5.96. The van der Waals surface area contributed by atoms with Gasteiger partial charge in [0, 0.05) is 21.9 Å². The molecule has 1 unspecified atom stereocenters. The molecular formula is C21H18O3. The number of phenolic OH excluding ortho intramolecular Hbond substituents is 2. The lowest BCUT2D eigenvalue weighted by atomic mass is 9.89. The normalized spacial score (nSPS) is 16.1. The van der Waals surface area contributed by atoms with E-state index in [4.69, 9.17) is 4.74 Å². The largest absolute Gasteiger partial charge is 0.507 e. The zero-order valence-corrected chi connectivity index (χ0v) is 13.4. The molecule has 4 rings (SSSR count). The lowest BCUT2D eigenvalue weighted by molar-refractivity contribution is 0.246. The monoisotopic (exact) mass is 318 g/mol. The van der Waals surface area contributed by atoms with Gasteiger partial charge in [-0.3, -0.25) is 0 Å². The molecule has 0 aliphatic heterocycles. The van der Waals surface area contributed by atoms with Crippen LogP contribution in [0.25, 0.3) is 10.8 Å². The van der Waals surface area contributed by atoms with Crippen molar-refractivity contribution in [2.45, 2.75) is 19.4 Å². The fourth-order valence-corrected chi connectivity index (χ4v) is 3.25. The van der Waals surface area contributed by atoms with Crippen LogP contribution >= 0.6 is 0 Å².